The van der Waals surface area contributed by atoms with E-state index in [0.717, 1.165) is 5.56 Å². The Labute approximate surface area is 151 Å². The lowest BCUT2D eigenvalue weighted by Crippen LogP contribution is -2.40. The number of rotatable bonds is 8. The molecule has 0 saturated carbocycles. The number of nitrogens with one attached hydrogen (secondary N) is 1. The van der Waals surface area contributed by atoms with Crippen molar-refractivity contribution < 1.29 is 14.1 Å². The molecule has 2 amide bonds. The molecule has 0 unspecified atom stereocenters. The van der Waals surface area contributed by atoms with Crippen LogP contribution in [0.2, 0.25) is 5.02 Å². The molecule has 134 valence electrons. The number of likely N-dealkylation sites (N-methyl/N-ethyl adjacent to an activating group) is 2. The first-order chi connectivity index (χ1) is 12.0. The van der Waals surface area contributed by atoms with E-state index in [1.54, 1.807) is 24.3 Å². The number of hydrogen-bond acceptors (Lipinski definition) is 5. The molecule has 0 saturated heterocycles. The quantitative estimate of drug-likeness (QED) is 0.776. The second kappa shape index (κ2) is 9.17. The Morgan fingerprint density at radius 1 is 1.24 bits per heavy atom. The lowest BCUT2D eigenvalue weighted by molar-refractivity contribution is -0.135. The van der Waals surface area contributed by atoms with Crippen molar-refractivity contribution in [1.29, 1.82) is 0 Å². The van der Waals surface area contributed by atoms with Gasteiger partial charge in [-0.2, -0.15) is 4.98 Å². The zero-order chi connectivity index (χ0) is 18.2. The number of benzene rings is 1. The van der Waals surface area contributed by atoms with Gasteiger partial charge in [-0.15, -0.1) is 0 Å². The van der Waals surface area contributed by atoms with E-state index < -0.39 is 0 Å². The van der Waals surface area contributed by atoms with Crippen LogP contribution in [0.1, 0.15) is 26.2 Å². The van der Waals surface area contributed by atoms with Crippen molar-refractivity contribution in [2.75, 3.05) is 19.6 Å². The zero-order valence-corrected chi connectivity index (χ0v) is 15.0. The minimum Gasteiger partial charge on any atom is -0.355 e. The van der Waals surface area contributed by atoms with Gasteiger partial charge in [0.2, 0.25) is 23.5 Å². The van der Waals surface area contributed by atoms with Crippen molar-refractivity contribution >= 4 is 23.4 Å². The standard InChI is InChI=1S/C17H21ClN4O3/c1-3-19-14(23)11-22(4-2)16(24)10-9-15-20-17(21-25-15)12-5-7-13(18)8-6-12/h5-8H,3-4,9-11H2,1-2H3,(H,19,23). The summed E-state index contributed by atoms with van der Waals surface area (Å²) in [6.45, 7) is 4.74. The molecule has 0 aliphatic carbocycles. The number of aryl methyl sites for hydroxylation is 1. The number of carbonyl (C=O) groups excluding carboxylic acids is 2. The number of carbonyl (C=O) groups is 2. The Kier molecular flexibility index (Phi) is 6.94. The fourth-order valence-electron chi connectivity index (χ4n) is 2.25. The molecule has 0 radical (unpaired) electrons. The average Bonchev–Trinajstić information content (AvgIpc) is 3.07. The Hall–Kier alpha value is -2.41. The molecular formula is C17H21ClN4O3. The molecule has 1 aromatic heterocycles. The van der Waals surface area contributed by atoms with Gasteiger partial charge < -0.3 is 14.7 Å². The van der Waals surface area contributed by atoms with Crippen LogP contribution in [0.5, 0.6) is 0 Å². The first-order valence-corrected chi connectivity index (χ1v) is 8.54. The van der Waals surface area contributed by atoms with Gasteiger partial charge in [0.05, 0.1) is 6.54 Å². The number of halogens is 1. The van der Waals surface area contributed by atoms with E-state index in [2.05, 4.69) is 15.5 Å². The van der Waals surface area contributed by atoms with Crippen LogP contribution in [-0.4, -0.2) is 46.5 Å². The number of amides is 2. The predicted octanol–water partition coefficient (Wildman–Crippen LogP) is 2.31. The largest absolute Gasteiger partial charge is 0.355 e. The summed E-state index contributed by atoms with van der Waals surface area (Å²) in [7, 11) is 0. The minimum atomic E-state index is -0.166. The molecule has 0 atom stereocenters. The highest BCUT2D eigenvalue weighted by Crippen LogP contribution is 2.19. The molecule has 1 N–H and O–H groups in total. The van der Waals surface area contributed by atoms with Crippen molar-refractivity contribution in [1.82, 2.24) is 20.4 Å². The van der Waals surface area contributed by atoms with E-state index in [0.29, 0.717) is 36.2 Å². The summed E-state index contributed by atoms with van der Waals surface area (Å²) >= 11 is 5.85. The van der Waals surface area contributed by atoms with Crippen LogP contribution in [0.15, 0.2) is 28.8 Å². The van der Waals surface area contributed by atoms with Crippen LogP contribution in [-0.2, 0) is 16.0 Å². The molecule has 2 aromatic rings. The fraction of sp³-hybridized carbons (Fsp3) is 0.412. The maximum absolute atomic E-state index is 12.2. The summed E-state index contributed by atoms with van der Waals surface area (Å²) < 4.78 is 5.19. The van der Waals surface area contributed by atoms with Crippen LogP contribution in [0.4, 0.5) is 0 Å². The lowest BCUT2D eigenvalue weighted by Gasteiger charge is -2.19. The molecule has 25 heavy (non-hydrogen) atoms. The van der Waals surface area contributed by atoms with Crippen LogP contribution < -0.4 is 5.32 Å². The van der Waals surface area contributed by atoms with Gasteiger partial charge in [-0.3, -0.25) is 9.59 Å². The molecule has 0 aliphatic heterocycles. The third-order valence-corrected chi connectivity index (χ3v) is 3.82. The molecule has 0 fully saturated rings. The number of hydrogen-bond donors (Lipinski definition) is 1. The maximum atomic E-state index is 12.2. The van der Waals surface area contributed by atoms with Gasteiger partial charge >= 0.3 is 0 Å². The summed E-state index contributed by atoms with van der Waals surface area (Å²) in [4.78, 5) is 29.7. The molecule has 0 aliphatic rings. The molecule has 0 spiro atoms. The highest BCUT2D eigenvalue weighted by molar-refractivity contribution is 6.30. The van der Waals surface area contributed by atoms with Crippen LogP contribution in [0, 0.1) is 0 Å². The van der Waals surface area contributed by atoms with Gasteiger partial charge in [-0.05, 0) is 38.1 Å². The molecule has 0 bridgehead atoms. The lowest BCUT2D eigenvalue weighted by atomic mass is 10.2. The molecule has 1 heterocycles. The Morgan fingerprint density at radius 3 is 2.60 bits per heavy atom. The highest BCUT2D eigenvalue weighted by atomic mass is 35.5. The molecular weight excluding hydrogens is 344 g/mol. The first-order valence-electron chi connectivity index (χ1n) is 8.16. The fourth-order valence-corrected chi connectivity index (χ4v) is 2.37. The molecule has 1 aromatic carbocycles. The van der Waals surface area contributed by atoms with Crippen LogP contribution in [0.3, 0.4) is 0 Å². The second-order valence-corrected chi connectivity index (χ2v) is 5.82. The molecule has 8 heteroatoms. The third kappa shape index (κ3) is 5.56. The Bertz CT molecular complexity index is 715. The summed E-state index contributed by atoms with van der Waals surface area (Å²) in [5.74, 6) is 0.543. The maximum Gasteiger partial charge on any atom is 0.239 e. The summed E-state index contributed by atoms with van der Waals surface area (Å²) in [5.41, 5.74) is 0.789. The zero-order valence-electron chi connectivity index (χ0n) is 14.3. The van der Waals surface area contributed by atoms with Gasteiger partial charge in [-0.1, -0.05) is 16.8 Å². The SMILES string of the molecule is CCNC(=O)CN(CC)C(=O)CCc1nc(-c2ccc(Cl)cc2)no1. The smallest absolute Gasteiger partial charge is 0.239 e. The number of nitrogens with zero attached hydrogens (tertiary/aromatic N) is 3. The predicted molar refractivity (Wildman–Crippen MR) is 94.0 cm³/mol. The van der Waals surface area contributed by atoms with E-state index >= 15 is 0 Å². The van der Waals surface area contributed by atoms with Crippen molar-refractivity contribution in [2.24, 2.45) is 0 Å². The van der Waals surface area contributed by atoms with Gasteiger partial charge in [0.15, 0.2) is 0 Å². The van der Waals surface area contributed by atoms with Crippen LogP contribution in [0.25, 0.3) is 11.4 Å². The summed E-state index contributed by atoms with van der Waals surface area (Å²) in [6, 6.07) is 7.09. The summed E-state index contributed by atoms with van der Waals surface area (Å²) in [5, 5.41) is 7.22. The normalized spacial score (nSPS) is 10.5. The summed E-state index contributed by atoms with van der Waals surface area (Å²) in [6.07, 6.45) is 0.529. The minimum absolute atomic E-state index is 0.0586. The Balaban J connectivity index is 1.91. The number of aromatic nitrogens is 2. The van der Waals surface area contributed by atoms with Crippen molar-refractivity contribution in [3.8, 4) is 11.4 Å². The Morgan fingerprint density at radius 2 is 1.96 bits per heavy atom. The van der Waals surface area contributed by atoms with Gasteiger partial charge in [-0.25, -0.2) is 0 Å². The van der Waals surface area contributed by atoms with Gasteiger partial charge in [0.25, 0.3) is 0 Å². The monoisotopic (exact) mass is 364 g/mol. The first kappa shape index (κ1) is 18.9. The second-order valence-electron chi connectivity index (χ2n) is 5.38. The van der Waals surface area contributed by atoms with Crippen molar-refractivity contribution in [3.63, 3.8) is 0 Å². The van der Waals surface area contributed by atoms with E-state index in [-0.39, 0.29) is 24.8 Å². The topological polar surface area (TPSA) is 88.3 Å². The van der Waals surface area contributed by atoms with Gasteiger partial charge in [0, 0.05) is 36.5 Å². The van der Waals surface area contributed by atoms with E-state index in [9.17, 15) is 9.59 Å². The van der Waals surface area contributed by atoms with Crippen LogP contribution >= 0.6 is 11.6 Å². The van der Waals surface area contributed by atoms with Crippen molar-refractivity contribution in [2.45, 2.75) is 26.7 Å². The van der Waals surface area contributed by atoms with E-state index in [4.69, 9.17) is 16.1 Å². The third-order valence-electron chi connectivity index (χ3n) is 3.57. The molecule has 2 rings (SSSR count). The van der Waals surface area contributed by atoms with E-state index in [1.807, 2.05) is 13.8 Å². The van der Waals surface area contributed by atoms with Gasteiger partial charge in [0.1, 0.15) is 0 Å². The molecule has 7 nitrogen and oxygen atoms in total. The average molecular weight is 365 g/mol. The van der Waals surface area contributed by atoms with E-state index in [1.165, 1.54) is 4.90 Å². The highest BCUT2D eigenvalue weighted by Gasteiger charge is 2.17. The van der Waals surface area contributed by atoms with Crippen molar-refractivity contribution in [3.05, 3.63) is 35.2 Å².